The summed E-state index contributed by atoms with van der Waals surface area (Å²) in [5.41, 5.74) is 0. The standard InChI is InChI=1S/C9H11ClN2S/c10-9-12-11-8(13-9)7-4-5-1-2-6(7)3-5/h5-7H,1-4H2. The molecule has 2 nitrogen and oxygen atoms in total. The number of hydrogen-bond donors (Lipinski definition) is 0. The predicted molar refractivity (Wildman–Crippen MR) is 53.1 cm³/mol. The van der Waals surface area contributed by atoms with Crippen LogP contribution in [0.5, 0.6) is 0 Å². The first-order valence-corrected chi connectivity index (χ1v) is 6.01. The van der Waals surface area contributed by atoms with Gasteiger partial charge in [-0.1, -0.05) is 17.8 Å². The third-order valence-electron chi connectivity index (χ3n) is 3.47. The molecule has 1 heterocycles. The Bertz CT molecular complexity index is 325. The highest BCUT2D eigenvalue weighted by Gasteiger charge is 2.41. The molecule has 0 saturated heterocycles. The van der Waals surface area contributed by atoms with E-state index in [0.29, 0.717) is 10.4 Å². The topological polar surface area (TPSA) is 25.8 Å². The molecular formula is C9H11ClN2S. The van der Waals surface area contributed by atoms with Crippen molar-refractivity contribution in [3.63, 3.8) is 0 Å². The minimum Gasteiger partial charge on any atom is -0.142 e. The van der Waals surface area contributed by atoms with E-state index in [0.717, 1.165) is 11.8 Å². The zero-order chi connectivity index (χ0) is 8.84. The molecule has 0 N–H and O–H groups in total. The predicted octanol–water partition coefficient (Wildman–Crippen LogP) is 3.10. The van der Waals surface area contributed by atoms with Crippen LogP contribution in [0.2, 0.25) is 4.47 Å². The smallest absolute Gasteiger partial charge is 0.142 e. The van der Waals surface area contributed by atoms with Crippen molar-refractivity contribution in [1.82, 2.24) is 10.2 Å². The average Bonchev–Trinajstić information content (AvgIpc) is 2.77. The van der Waals surface area contributed by atoms with E-state index >= 15 is 0 Å². The van der Waals surface area contributed by atoms with Crippen LogP contribution in [0.15, 0.2) is 0 Å². The number of rotatable bonds is 1. The van der Waals surface area contributed by atoms with Gasteiger partial charge in [-0.3, -0.25) is 0 Å². The second-order valence-corrected chi connectivity index (χ2v) is 5.77. The van der Waals surface area contributed by atoms with E-state index in [2.05, 4.69) is 10.2 Å². The van der Waals surface area contributed by atoms with Crippen molar-refractivity contribution in [2.45, 2.75) is 31.6 Å². The lowest BCUT2D eigenvalue weighted by Crippen LogP contribution is -2.07. The van der Waals surface area contributed by atoms with Gasteiger partial charge < -0.3 is 0 Å². The van der Waals surface area contributed by atoms with Crippen LogP contribution >= 0.6 is 22.9 Å². The molecule has 0 aromatic carbocycles. The SMILES string of the molecule is Clc1nnc(C2CC3CCC2C3)s1. The van der Waals surface area contributed by atoms with Crippen LogP contribution in [0.1, 0.15) is 36.6 Å². The monoisotopic (exact) mass is 214 g/mol. The zero-order valence-electron chi connectivity index (χ0n) is 7.24. The quantitative estimate of drug-likeness (QED) is 0.718. The Labute approximate surface area is 86.3 Å². The lowest BCUT2D eigenvalue weighted by molar-refractivity contribution is 0.417. The summed E-state index contributed by atoms with van der Waals surface area (Å²) in [6.07, 6.45) is 5.58. The van der Waals surface area contributed by atoms with E-state index in [1.807, 2.05) is 0 Å². The molecule has 13 heavy (non-hydrogen) atoms. The Hall–Kier alpha value is -0.150. The lowest BCUT2D eigenvalue weighted by atomic mass is 9.89. The second kappa shape index (κ2) is 2.92. The fourth-order valence-electron chi connectivity index (χ4n) is 2.91. The molecule has 2 aliphatic rings. The molecule has 2 saturated carbocycles. The van der Waals surface area contributed by atoms with Crippen molar-refractivity contribution in [3.8, 4) is 0 Å². The summed E-state index contributed by atoms with van der Waals surface area (Å²) < 4.78 is 0.595. The van der Waals surface area contributed by atoms with Crippen molar-refractivity contribution in [3.05, 3.63) is 9.47 Å². The Morgan fingerprint density at radius 3 is 2.69 bits per heavy atom. The van der Waals surface area contributed by atoms with Gasteiger partial charge in [0.25, 0.3) is 0 Å². The van der Waals surface area contributed by atoms with Gasteiger partial charge in [-0.05, 0) is 42.7 Å². The van der Waals surface area contributed by atoms with Crippen molar-refractivity contribution >= 4 is 22.9 Å². The molecule has 0 amide bonds. The summed E-state index contributed by atoms with van der Waals surface area (Å²) in [4.78, 5) is 0. The highest BCUT2D eigenvalue weighted by Crippen LogP contribution is 2.53. The molecule has 0 aliphatic heterocycles. The van der Waals surface area contributed by atoms with Crippen LogP contribution in [0.3, 0.4) is 0 Å². The molecule has 2 bridgehead atoms. The fourth-order valence-corrected chi connectivity index (χ4v) is 3.96. The molecule has 3 atom stereocenters. The first kappa shape index (κ1) is 8.18. The molecule has 2 aliphatic carbocycles. The lowest BCUT2D eigenvalue weighted by Gasteiger charge is -2.18. The maximum Gasteiger partial charge on any atom is 0.207 e. The highest BCUT2D eigenvalue weighted by atomic mass is 35.5. The zero-order valence-corrected chi connectivity index (χ0v) is 8.81. The molecule has 2 fully saturated rings. The van der Waals surface area contributed by atoms with Crippen LogP contribution < -0.4 is 0 Å². The molecular weight excluding hydrogens is 204 g/mol. The Morgan fingerprint density at radius 1 is 1.23 bits per heavy atom. The summed E-state index contributed by atoms with van der Waals surface area (Å²) in [5.74, 6) is 2.54. The van der Waals surface area contributed by atoms with Gasteiger partial charge in [0.2, 0.25) is 4.47 Å². The summed E-state index contributed by atoms with van der Waals surface area (Å²) in [7, 11) is 0. The number of nitrogens with zero attached hydrogens (tertiary/aromatic N) is 2. The minimum absolute atomic E-state index is 0.595. The molecule has 0 radical (unpaired) electrons. The Kier molecular flexibility index (Phi) is 1.84. The van der Waals surface area contributed by atoms with Gasteiger partial charge >= 0.3 is 0 Å². The summed E-state index contributed by atoms with van der Waals surface area (Å²) >= 11 is 7.35. The van der Waals surface area contributed by atoms with Gasteiger partial charge in [0.15, 0.2) is 0 Å². The van der Waals surface area contributed by atoms with E-state index in [4.69, 9.17) is 11.6 Å². The molecule has 4 heteroatoms. The maximum absolute atomic E-state index is 5.79. The molecule has 70 valence electrons. The third kappa shape index (κ3) is 1.29. The second-order valence-electron chi connectivity index (χ2n) is 4.17. The molecule has 1 aromatic heterocycles. The number of hydrogen-bond acceptors (Lipinski definition) is 3. The average molecular weight is 215 g/mol. The fraction of sp³-hybridized carbons (Fsp3) is 0.778. The summed E-state index contributed by atoms with van der Waals surface area (Å²) in [5, 5.41) is 9.21. The Balaban J connectivity index is 1.87. The van der Waals surface area contributed by atoms with E-state index in [-0.39, 0.29) is 0 Å². The van der Waals surface area contributed by atoms with Gasteiger partial charge in [0.05, 0.1) is 0 Å². The number of halogens is 1. The van der Waals surface area contributed by atoms with Crippen LogP contribution in [-0.2, 0) is 0 Å². The number of fused-ring (bicyclic) bond motifs is 2. The van der Waals surface area contributed by atoms with Gasteiger partial charge in [0, 0.05) is 5.92 Å². The van der Waals surface area contributed by atoms with E-state index < -0.39 is 0 Å². The molecule has 1 aromatic rings. The van der Waals surface area contributed by atoms with Gasteiger partial charge in [-0.2, -0.15) is 0 Å². The van der Waals surface area contributed by atoms with Crippen LogP contribution in [0.4, 0.5) is 0 Å². The maximum atomic E-state index is 5.79. The molecule has 0 spiro atoms. The number of aromatic nitrogens is 2. The van der Waals surface area contributed by atoms with Crippen molar-refractivity contribution < 1.29 is 0 Å². The van der Waals surface area contributed by atoms with E-state index in [9.17, 15) is 0 Å². The Morgan fingerprint density at radius 2 is 2.15 bits per heavy atom. The van der Waals surface area contributed by atoms with Gasteiger partial charge in [0.1, 0.15) is 5.01 Å². The van der Waals surface area contributed by atoms with Crippen LogP contribution in [0.25, 0.3) is 0 Å². The summed E-state index contributed by atoms with van der Waals surface area (Å²) in [6.45, 7) is 0. The van der Waals surface area contributed by atoms with E-state index in [1.54, 1.807) is 11.3 Å². The first-order chi connectivity index (χ1) is 6.33. The third-order valence-corrected chi connectivity index (χ3v) is 4.62. The van der Waals surface area contributed by atoms with Gasteiger partial charge in [-0.25, -0.2) is 0 Å². The van der Waals surface area contributed by atoms with Crippen LogP contribution in [0, 0.1) is 11.8 Å². The van der Waals surface area contributed by atoms with Crippen molar-refractivity contribution in [2.75, 3.05) is 0 Å². The van der Waals surface area contributed by atoms with E-state index in [1.165, 1.54) is 30.7 Å². The van der Waals surface area contributed by atoms with Crippen LogP contribution in [-0.4, -0.2) is 10.2 Å². The summed E-state index contributed by atoms with van der Waals surface area (Å²) in [6, 6.07) is 0. The van der Waals surface area contributed by atoms with Gasteiger partial charge in [-0.15, -0.1) is 10.2 Å². The minimum atomic E-state index is 0.595. The normalized spacial score (nSPS) is 37.2. The molecule has 3 rings (SSSR count). The van der Waals surface area contributed by atoms with Crippen molar-refractivity contribution in [1.29, 1.82) is 0 Å². The van der Waals surface area contributed by atoms with Crippen molar-refractivity contribution in [2.24, 2.45) is 11.8 Å². The molecule has 3 unspecified atom stereocenters. The highest BCUT2D eigenvalue weighted by molar-refractivity contribution is 7.15. The first-order valence-electron chi connectivity index (χ1n) is 4.82. The largest absolute Gasteiger partial charge is 0.207 e.